The van der Waals surface area contributed by atoms with E-state index >= 15 is 0 Å². The number of carboxylic acids is 1. The highest BCUT2D eigenvalue weighted by Crippen LogP contribution is 2.20. The number of aliphatic carboxylic acids is 1. The molecule has 0 fully saturated rings. The van der Waals surface area contributed by atoms with E-state index in [0.29, 0.717) is 11.2 Å². The van der Waals surface area contributed by atoms with E-state index in [2.05, 4.69) is 15.4 Å². The molecule has 2 heterocycles. The molecule has 0 aliphatic carbocycles. The molecule has 0 aliphatic rings. The summed E-state index contributed by atoms with van der Waals surface area (Å²) in [4.78, 5) is 26.9. The maximum absolute atomic E-state index is 13.5. The van der Waals surface area contributed by atoms with Crippen LogP contribution in [-0.2, 0) is 4.79 Å². The van der Waals surface area contributed by atoms with Crippen LogP contribution in [0, 0.1) is 5.82 Å². The van der Waals surface area contributed by atoms with Crippen LogP contribution in [0.4, 0.5) is 4.39 Å². The van der Waals surface area contributed by atoms with Crippen LogP contribution in [0.15, 0.2) is 54.6 Å². The molecule has 3 N–H and O–H groups in total. The van der Waals surface area contributed by atoms with Crippen molar-refractivity contribution < 1.29 is 19.1 Å². The van der Waals surface area contributed by atoms with Crippen molar-refractivity contribution in [2.24, 2.45) is 0 Å². The molecule has 0 aliphatic heterocycles. The number of benzene rings is 2. The van der Waals surface area contributed by atoms with Crippen LogP contribution in [0.5, 0.6) is 0 Å². The number of aromatic nitrogens is 3. The number of rotatable bonds is 5. The zero-order chi connectivity index (χ0) is 19.0. The maximum atomic E-state index is 13.5. The molecular weight excluding hydrogens is 351 g/mol. The molecule has 0 saturated heterocycles. The van der Waals surface area contributed by atoms with Crippen molar-refractivity contribution in [1.82, 2.24) is 19.9 Å². The molecule has 1 amide bonds. The van der Waals surface area contributed by atoms with Crippen LogP contribution in [0.1, 0.15) is 28.5 Å². The fraction of sp³-hybridized carbons (Fsp3) is 0.105. The summed E-state index contributed by atoms with van der Waals surface area (Å²) in [5, 5.41) is 16.1. The van der Waals surface area contributed by atoms with Crippen molar-refractivity contribution in [3.63, 3.8) is 0 Å². The average molecular weight is 366 g/mol. The first-order valence-electron chi connectivity index (χ1n) is 8.26. The van der Waals surface area contributed by atoms with Gasteiger partial charge in [0.2, 0.25) is 0 Å². The van der Waals surface area contributed by atoms with E-state index in [-0.39, 0.29) is 12.1 Å². The molecular formula is C19H15FN4O3. The number of hydrogen-bond acceptors (Lipinski definition) is 3. The number of amides is 1. The summed E-state index contributed by atoms with van der Waals surface area (Å²) in [6, 6.07) is 13.7. The van der Waals surface area contributed by atoms with Gasteiger partial charge in [-0.1, -0.05) is 24.3 Å². The summed E-state index contributed by atoms with van der Waals surface area (Å²) in [6.07, 6.45) is -0.371. The number of nitrogens with zero attached hydrogens (tertiary/aromatic N) is 2. The normalized spacial score (nSPS) is 12.3. The van der Waals surface area contributed by atoms with Gasteiger partial charge in [-0.25, -0.2) is 8.91 Å². The lowest BCUT2D eigenvalue weighted by Crippen LogP contribution is -2.30. The molecule has 27 heavy (non-hydrogen) atoms. The Balaban J connectivity index is 1.64. The minimum atomic E-state index is -1.10. The number of carbonyl (C=O) groups is 2. The second kappa shape index (κ2) is 6.56. The van der Waals surface area contributed by atoms with Crippen LogP contribution in [0.3, 0.4) is 0 Å². The van der Waals surface area contributed by atoms with Gasteiger partial charge in [0.1, 0.15) is 11.5 Å². The lowest BCUT2D eigenvalue weighted by Gasteiger charge is -2.16. The van der Waals surface area contributed by atoms with Crippen LogP contribution >= 0.6 is 0 Å². The highest BCUT2D eigenvalue weighted by atomic mass is 19.1. The van der Waals surface area contributed by atoms with E-state index in [9.17, 15) is 14.0 Å². The Morgan fingerprint density at radius 2 is 2.00 bits per heavy atom. The van der Waals surface area contributed by atoms with Crippen LogP contribution in [0.25, 0.3) is 16.7 Å². The van der Waals surface area contributed by atoms with E-state index in [0.717, 1.165) is 11.0 Å². The number of H-pyrrole nitrogens is 1. The number of hydrogen-bond donors (Lipinski definition) is 3. The van der Waals surface area contributed by atoms with Gasteiger partial charge in [-0.05, 0) is 29.8 Å². The second-order valence-corrected chi connectivity index (χ2v) is 6.15. The first kappa shape index (κ1) is 16.8. The summed E-state index contributed by atoms with van der Waals surface area (Å²) >= 11 is 0. The third-order valence-electron chi connectivity index (χ3n) is 4.27. The molecule has 1 unspecified atom stereocenters. The van der Waals surface area contributed by atoms with E-state index in [1.807, 2.05) is 24.3 Å². The topological polar surface area (TPSA) is 99.5 Å². The highest BCUT2D eigenvalue weighted by Gasteiger charge is 2.21. The fourth-order valence-electron chi connectivity index (χ4n) is 3.05. The van der Waals surface area contributed by atoms with Gasteiger partial charge in [-0.15, -0.1) is 0 Å². The van der Waals surface area contributed by atoms with Gasteiger partial charge in [0.25, 0.3) is 5.91 Å². The summed E-state index contributed by atoms with van der Waals surface area (Å²) in [7, 11) is 0. The molecule has 4 aromatic rings. The molecule has 8 heteroatoms. The fourth-order valence-corrected chi connectivity index (χ4v) is 3.05. The number of fused-ring (bicyclic) bond motifs is 3. The summed E-state index contributed by atoms with van der Waals surface area (Å²) in [5.41, 5.74) is 2.86. The first-order valence-corrected chi connectivity index (χ1v) is 8.26. The van der Waals surface area contributed by atoms with Gasteiger partial charge in [0.15, 0.2) is 5.69 Å². The molecule has 1 atom stereocenters. The van der Waals surface area contributed by atoms with E-state index in [1.165, 1.54) is 18.2 Å². The molecule has 4 rings (SSSR count). The third-order valence-corrected chi connectivity index (χ3v) is 4.27. The summed E-state index contributed by atoms with van der Waals surface area (Å²) in [5.74, 6) is -2.14. The Hall–Kier alpha value is -3.68. The van der Waals surface area contributed by atoms with Crippen molar-refractivity contribution in [2.45, 2.75) is 12.5 Å². The van der Waals surface area contributed by atoms with Gasteiger partial charge in [0, 0.05) is 6.07 Å². The monoisotopic (exact) mass is 366 g/mol. The van der Waals surface area contributed by atoms with Gasteiger partial charge in [-0.2, -0.15) is 5.10 Å². The van der Waals surface area contributed by atoms with Gasteiger partial charge in [-0.3, -0.25) is 9.59 Å². The van der Waals surface area contributed by atoms with Crippen molar-refractivity contribution >= 4 is 28.6 Å². The molecule has 0 spiro atoms. The molecule has 2 aromatic heterocycles. The number of carboxylic acid groups (broad SMARTS) is 1. The number of imidazole rings is 1. The minimum Gasteiger partial charge on any atom is -0.481 e. The van der Waals surface area contributed by atoms with E-state index < -0.39 is 23.7 Å². The Morgan fingerprint density at radius 3 is 2.78 bits per heavy atom. The predicted octanol–water partition coefficient (Wildman–Crippen LogP) is 2.90. The zero-order valence-electron chi connectivity index (χ0n) is 14.0. The van der Waals surface area contributed by atoms with Gasteiger partial charge < -0.3 is 15.4 Å². The Labute approximate surface area is 152 Å². The molecule has 0 saturated carbocycles. The average Bonchev–Trinajstić information content (AvgIpc) is 3.18. The Morgan fingerprint density at radius 1 is 1.19 bits per heavy atom. The predicted molar refractivity (Wildman–Crippen MR) is 95.9 cm³/mol. The minimum absolute atomic E-state index is 0.138. The Bertz CT molecular complexity index is 1160. The van der Waals surface area contributed by atoms with Crippen molar-refractivity contribution in [2.75, 3.05) is 0 Å². The van der Waals surface area contributed by atoms with Crippen LogP contribution in [-0.4, -0.2) is 31.6 Å². The maximum Gasteiger partial charge on any atom is 0.305 e. The van der Waals surface area contributed by atoms with E-state index in [4.69, 9.17) is 5.11 Å². The molecule has 7 nitrogen and oxygen atoms in total. The Kier molecular flexibility index (Phi) is 4.08. The van der Waals surface area contributed by atoms with Gasteiger partial charge >= 0.3 is 5.97 Å². The molecule has 0 radical (unpaired) electrons. The smallest absolute Gasteiger partial charge is 0.305 e. The third kappa shape index (κ3) is 3.24. The molecule has 0 bridgehead atoms. The second-order valence-electron chi connectivity index (χ2n) is 6.15. The largest absolute Gasteiger partial charge is 0.481 e. The summed E-state index contributed by atoms with van der Waals surface area (Å²) in [6.45, 7) is 0. The van der Waals surface area contributed by atoms with Crippen molar-refractivity contribution in [3.8, 4) is 0 Å². The van der Waals surface area contributed by atoms with Crippen LogP contribution in [0.2, 0.25) is 0 Å². The molecule has 2 aromatic carbocycles. The first-order chi connectivity index (χ1) is 13.0. The van der Waals surface area contributed by atoms with Crippen molar-refractivity contribution in [1.29, 1.82) is 0 Å². The number of aromatic amines is 1. The summed E-state index contributed by atoms with van der Waals surface area (Å²) < 4.78 is 15.1. The zero-order valence-corrected chi connectivity index (χ0v) is 14.0. The number of carbonyl (C=O) groups excluding carboxylic acids is 1. The number of para-hydroxylation sites is 2. The quantitative estimate of drug-likeness (QED) is 0.506. The van der Waals surface area contributed by atoms with Crippen LogP contribution < -0.4 is 5.32 Å². The SMILES string of the molecule is O=C(O)CC(NC(=O)c1cc2[nH]c3ccccc3n2n1)c1cccc(F)c1. The number of nitrogens with one attached hydrogen (secondary N) is 2. The standard InChI is InChI=1S/C19H15FN4O3/c20-12-5-3-4-11(8-12)14(10-18(25)26)22-19(27)15-9-17-21-13-6-1-2-7-16(13)24(17)23-15/h1-9,14,21H,10H2,(H,22,27)(H,25,26). The lowest BCUT2D eigenvalue weighted by atomic mass is 10.0. The number of halogens is 1. The van der Waals surface area contributed by atoms with Gasteiger partial charge in [0.05, 0.1) is 23.5 Å². The lowest BCUT2D eigenvalue weighted by molar-refractivity contribution is -0.137. The highest BCUT2D eigenvalue weighted by molar-refractivity contribution is 5.95. The van der Waals surface area contributed by atoms with Crippen molar-refractivity contribution in [3.05, 3.63) is 71.7 Å². The molecule has 136 valence electrons. The van der Waals surface area contributed by atoms with E-state index in [1.54, 1.807) is 16.6 Å².